The molecule has 0 aliphatic heterocycles. The van der Waals surface area contributed by atoms with Gasteiger partial charge in [0.25, 0.3) is 5.66 Å². The van der Waals surface area contributed by atoms with Crippen LogP contribution < -0.4 is 4.72 Å². The molecule has 1 aliphatic rings. The van der Waals surface area contributed by atoms with Crippen LogP contribution in [0, 0.1) is 6.57 Å². The first-order chi connectivity index (χ1) is 10.5. The number of sulfonamides is 1. The molecule has 0 aromatic heterocycles. The molecule has 0 amide bonds. The van der Waals surface area contributed by atoms with Crippen LogP contribution in [0.15, 0.2) is 23.1 Å². The zero-order valence-corrected chi connectivity index (χ0v) is 13.6. The first-order valence-electron chi connectivity index (χ1n) is 7.14. The molecule has 0 saturated heterocycles. The van der Waals surface area contributed by atoms with E-state index in [-0.39, 0.29) is 5.92 Å². The van der Waals surface area contributed by atoms with E-state index >= 15 is 0 Å². The van der Waals surface area contributed by atoms with Gasteiger partial charge in [-0.05, 0) is 30.0 Å². The first-order valence-corrected chi connectivity index (χ1v) is 8.63. The molecule has 1 aromatic rings. The number of hydrogen-bond donors (Lipinski definition) is 1. The van der Waals surface area contributed by atoms with E-state index in [0.29, 0.717) is 24.8 Å². The molecule has 126 valence electrons. The van der Waals surface area contributed by atoms with Gasteiger partial charge in [0, 0.05) is 12.8 Å². The van der Waals surface area contributed by atoms with E-state index in [2.05, 4.69) is 9.57 Å². The van der Waals surface area contributed by atoms with Crippen molar-refractivity contribution in [2.45, 2.75) is 55.8 Å². The minimum Gasteiger partial charge on any atom is -0.292 e. The lowest BCUT2D eigenvalue weighted by atomic mass is 9.87. The molecule has 1 N–H and O–H groups in total. The maximum Gasteiger partial charge on any atom is 0.417 e. The molecule has 8 heteroatoms. The van der Waals surface area contributed by atoms with Crippen LogP contribution in [0.3, 0.4) is 0 Å². The summed E-state index contributed by atoms with van der Waals surface area (Å²) in [5.74, 6) is -0.165. The highest BCUT2D eigenvalue weighted by Gasteiger charge is 2.49. The highest BCUT2D eigenvalue weighted by atomic mass is 32.2. The predicted octanol–water partition coefficient (Wildman–Crippen LogP) is 3.91. The van der Waals surface area contributed by atoms with Crippen molar-refractivity contribution in [2.24, 2.45) is 0 Å². The summed E-state index contributed by atoms with van der Waals surface area (Å²) < 4.78 is 66.8. The van der Waals surface area contributed by atoms with E-state index in [1.54, 1.807) is 13.8 Å². The quantitative estimate of drug-likeness (QED) is 0.841. The summed E-state index contributed by atoms with van der Waals surface area (Å²) in [7, 11) is -4.43. The SMILES string of the molecule is [C-]#[N+]C1(NS(=O)(=O)c2ccc(C(C)C)cc2C(F)(F)F)CCC1. The van der Waals surface area contributed by atoms with Crippen LogP contribution in [0.1, 0.15) is 50.2 Å². The molecule has 0 atom stereocenters. The van der Waals surface area contributed by atoms with Crippen molar-refractivity contribution >= 4 is 10.0 Å². The van der Waals surface area contributed by atoms with Crippen molar-refractivity contribution in [2.75, 3.05) is 0 Å². The predicted molar refractivity (Wildman–Crippen MR) is 79.0 cm³/mol. The van der Waals surface area contributed by atoms with Gasteiger partial charge in [0.05, 0.1) is 10.5 Å². The van der Waals surface area contributed by atoms with Gasteiger partial charge in [0.1, 0.15) is 0 Å². The fraction of sp³-hybridized carbons (Fsp3) is 0.533. The number of nitrogens with one attached hydrogen (secondary N) is 1. The fourth-order valence-electron chi connectivity index (χ4n) is 2.42. The molecule has 0 bridgehead atoms. The largest absolute Gasteiger partial charge is 0.417 e. The Morgan fingerprint density at radius 2 is 1.91 bits per heavy atom. The molecule has 1 aliphatic carbocycles. The number of benzene rings is 1. The van der Waals surface area contributed by atoms with E-state index < -0.39 is 32.3 Å². The first kappa shape index (κ1) is 17.8. The molecule has 23 heavy (non-hydrogen) atoms. The zero-order valence-electron chi connectivity index (χ0n) is 12.7. The van der Waals surface area contributed by atoms with Gasteiger partial charge in [0.2, 0.25) is 10.0 Å². The van der Waals surface area contributed by atoms with Gasteiger partial charge >= 0.3 is 6.18 Å². The Kier molecular flexibility index (Phi) is 4.48. The fourth-order valence-corrected chi connectivity index (χ4v) is 3.99. The summed E-state index contributed by atoms with van der Waals surface area (Å²) in [4.78, 5) is 2.42. The third-order valence-corrected chi connectivity index (χ3v) is 5.57. The van der Waals surface area contributed by atoms with Crippen LogP contribution in [0.2, 0.25) is 0 Å². The normalized spacial score (nSPS) is 17.6. The minimum absolute atomic E-state index is 0.165. The lowest BCUT2D eigenvalue weighted by Crippen LogP contribution is -2.50. The standard InChI is InChI=1S/C15H17F3N2O2S/c1-10(2)11-5-6-13(12(9-11)15(16,17)18)23(21,22)20-14(19-3)7-4-8-14/h5-6,9-10,20H,4,7-8H2,1-2H3. The Morgan fingerprint density at radius 3 is 2.30 bits per heavy atom. The highest BCUT2D eigenvalue weighted by Crippen LogP contribution is 2.39. The van der Waals surface area contributed by atoms with Crippen LogP contribution >= 0.6 is 0 Å². The molecule has 0 heterocycles. The summed E-state index contributed by atoms with van der Waals surface area (Å²) in [5, 5.41) is 0. The van der Waals surface area contributed by atoms with E-state index in [1.807, 2.05) is 0 Å². The Labute approximate surface area is 133 Å². The van der Waals surface area contributed by atoms with Crippen molar-refractivity contribution in [3.63, 3.8) is 0 Å². The Morgan fingerprint density at radius 1 is 1.30 bits per heavy atom. The van der Waals surface area contributed by atoms with E-state index in [9.17, 15) is 21.6 Å². The van der Waals surface area contributed by atoms with E-state index in [0.717, 1.165) is 12.1 Å². The summed E-state index contributed by atoms with van der Waals surface area (Å²) in [5.41, 5.74) is -2.10. The second kappa shape index (κ2) is 5.80. The molecular weight excluding hydrogens is 329 g/mol. The van der Waals surface area contributed by atoms with Gasteiger partial charge in [-0.15, -0.1) is 4.72 Å². The molecule has 0 spiro atoms. The molecular formula is C15H17F3N2O2S. The van der Waals surface area contributed by atoms with Crippen molar-refractivity contribution in [3.05, 3.63) is 40.7 Å². The molecule has 4 nitrogen and oxygen atoms in total. The number of alkyl halides is 3. The molecule has 0 radical (unpaired) electrons. The van der Waals surface area contributed by atoms with Gasteiger partial charge in [-0.1, -0.05) is 19.9 Å². The van der Waals surface area contributed by atoms with Gasteiger partial charge in [-0.3, -0.25) is 4.85 Å². The number of hydrogen-bond acceptors (Lipinski definition) is 2. The average Bonchev–Trinajstić information content (AvgIpc) is 2.41. The Bertz CT molecular complexity index is 745. The zero-order chi connectivity index (χ0) is 17.5. The van der Waals surface area contributed by atoms with E-state index in [4.69, 9.17) is 6.57 Å². The molecule has 0 unspecified atom stereocenters. The Balaban J connectivity index is 2.52. The maximum atomic E-state index is 13.3. The van der Waals surface area contributed by atoms with Crippen LogP contribution in [-0.4, -0.2) is 14.1 Å². The van der Waals surface area contributed by atoms with Crippen LogP contribution in [0.4, 0.5) is 13.2 Å². The smallest absolute Gasteiger partial charge is 0.292 e. The molecule has 1 saturated carbocycles. The van der Waals surface area contributed by atoms with Crippen LogP contribution in [0.5, 0.6) is 0 Å². The second-order valence-corrected chi connectivity index (χ2v) is 7.66. The van der Waals surface area contributed by atoms with E-state index in [1.165, 1.54) is 6.07 Å². The molecule has 1 fully saturated rings. The van der Waals surface area contributed by atoms with Crippen LogP contribution in [0.25, 0.3) is 4.85 Å². The third kappa shape index (κ3) is 3.51. The minimum atomic E-state index is -4.79. The number of nitrogens with zero attached hydrogens (tertiary/aromatic N) is 1. The van der Waals surface area contributed by atoms with Gasteiger partial charge in [-0.2, -0.15) is 13.2 Å². The summed E-state index contributed by atoms with van der Waals surface area (Å²) in [6.45, 7) is 10.5. The molecule has 2 rings (SSSR count). The van der Waals surface area contributed by atoms with Gasteiger partial charge in [0.15, 0.2) is 0 Å². The molecule has 1 aromatic carbocycles. The van der Waals surface area contributed by atoms with Gasteiger partial charge in [-0.25, -0.2) is 15.0 Å². The number of halogens is 3. The Hall–Kier alpha value is -1.59. The maximum absolute atomic E-state index is 13.3. The van der Waals surface area contributed by atoms with Crippen molar-refractivity contribution in [1.29, 1.82) is 0 Å². The highest BCUT2D eigenvalue weighted by molar-refractivity contribution is 7.89. The topological polar surface area (TPSA) is 50.5 Å². The van der Waals surface area contributed by atoms with Crippen LogP contribution in [-0.2, 0) is 16.2 Å². The lowest BCUT2D eigenvalue weighted by Gasteiger charge is -2.30. The monoisotopic (exact) mass is 346 g/mol. The van der Waals surface area contributed by atoms with Crippen molar-refractivity contribution < 1.29 is 21.6 Å². The average molecular weight is 346 g/mol. The lowest BCUT2D eigenvalue weighted by molar-refractivity contribution is -0.140. The second-order valence-electron chi connectivity index (χ2n) is 6.01. The van der Waals surface area contributed by atoms with Crippen molar-refractivity contribution in [3.8, 4) is 0 Å². The summed E-state index contributed by atoms with van der Waals surface area (Å²) >= 11 is 0. The third-order valence-electron chi connectivity index (χ3n) is 3.98. The summed E-state index contributed by atoms with van der Waals surface area (Å²) in [6.07, 6.45) is -3.51. The van der Waals surface area contributed by atoms with Crippen molar-refractivity contribution in [1.82, 2.24) is 4.72 Å². The van der Waals surface area contributed by atoms with Gasteiger partial charge < -0.3 is 0 Å². The summed E-state index contributed by atoms with van der Waals surface area (Å²) in [6, 6.07) is 3.21. The number of rotatable bonds is 4.